The molecule has 5 heteroatoms. The van der Waals surface area contributed by atoms with Gasteiger partial charge in [0.25, 0.3) is 0 Å². The Bertz CT molecular complexity index is 828. The lowest BCUT2D eigenvalue weighted by Crippen LogP contribution is -2.49. The Morgan fingerprint density at radius 2 is 2.04 bits per heavy atom. The zero-order valence-electron chi connectivity index (χ0n) is 13.4. The molecule has 1 saturated heterocycles. The van der Waals surface area contributed by atoms with Crippen LogP contribution < -0.4 is 10.2 Å². The van der Waals surface area contributed by atoms with Crippen LogP contribution in [-0.2, 0) is 0 Å². The topological polar surface area (TPSA) is 41.1 Å². The minimum absolute atomic E-state index is 0.480. The zero-order chi connectivity index (χ0) is 15.8. The highest BCUT2D eigenvalue weighted by Crippen LogP contribution is 2.38. The van der Waals surface area contributed by atoms with Crippen LogP contribution in [0.2, 0.25) is 0 Å². The molecule has 4 rings (SSSR count). The minimum atomic E-state index is 0.480. The molecular formula is C18H20N4S. The maximum Gasteiger partial charge on any atom is 0.141 e. The van der Waals surface area contributed by atoms with Gasteiger partial charge >= 0.3 is 0 Å². The Morgan fingerprint density at radius 3 is 2.83 bits per heavy atom. The van der Waals surface area contributed by atoms with Crippen LogP contribution >= 0.6 is 11.3 Å². The fraction of sp³-hybridized carbons (Fsp3) is 0.333. The quantitative estimate of drug-likeness (QED) is 0.784. The first kappa shape index (κ1) is 14.6. The molecule has 1 fully saturated rings. The molecule has 0 unspecified atom stereocenters. The molecule has 1 aliphatic heterocycles. The first-order chi connectivity index (χ1) is 11.2. The summed E-state index contributed by atoms with van der Waals surface area (Å²) in [7, 11) is 0. The van der Waals surface area contributed by atoms with E-state index in [1.807, 2.05) is 6.92 Å². The molecule has 0 bridgehead atoms. The van der Waals surface area contributed by atoms with Crippen molar-refractivity contribution in [2.45, 2.75) is 19.9 Å². The van der Waals surface area contributed by atoms with Gasteiger partial charge in [0, 0.05) is 36.6 Å². The van der Waals surface area contributed by atoms with Crippen molar-refractivity contribution in [1.82, 2.24) is 15.3 Å². The summed E-state index contributed by atoms with van der Waals surface area (Å²) in [5, 5.41) is 6.91. The van der Waals surface area contributed by atoms with Gasteiger partial charge in [0.2, 0.25) is 0 Å². The summed E-state index contributed by atoms with van der Waals surface area (Å²) in [6, 6.07) is 11.0. The number of nitrogens with zero attached hydrogens (tertiary/aromatic N) is 3. The van der Waals surface area contributed by atoms with E-state index in [9.17, 15) is 0 Å². The van der Waals surface area contributed by atoms with Crippen molar-refractivity contribution in [2.24, 2.45) is 0 Å². The van der Waals surface area contributed by atoms with E-state index in [2.05, 4.69) is 57.8 Å². The Balaban J connectivity index is 1.90. The molecule has 0 aliphatic carbocycles. The van der Waals surface area contributed by atoms with Crippen LogP contribution in [0.5, 0.6) is 0 Å². The van der Waals surface area contributed by atoms with E-state index < -0.39 is 0 Å². The summed E-state index contributed by atoms with van der Waals surface area (Å²) in [5.74, 6) is 1.93. The third kappa shape index (κ3) is 2.71. The smallest absolute Gasteiger partial charge is 0.141 e. The van der Waals surface area contributed by atoms with Gasteiger partial charge in [-0.3, -0.25) is 0 Å². The van der Waals surface area contributed by atoms with Crippen LogP contribution in [-0.4, -0.2) is 35.6 Å². The molecule has 23 heavy (non-hydrogen) atoms. The van der Waals surface area contributed by atoms with E-state index in [1.165, 1.54) is 16.5 Å². The molecule has 118 valence electrons. The molecular weight excluding hydrogens is 304 g/mol. The van der Waals surface area contributed by atoms with Gasteiger partial charge < -0.3 is 10.2 Å². The van der Waals surface area contributed by atoms with E-state index in [1.54, 1.807) is 11.3 Å². The molecule has 1 aliphatic rings. The van der Waals surface area contributed by atoms with Crippen molar-refractivity contribution in [3.63, 3.8) is 0 Å². The van der Waals surface area contributed by atoms with Crippen molar-refractivity contribution in [1.29, 1.82) is 0 Å². The van der Waals surface area contributed by atoms with Gasteiger partial charge in [-0.05, 0) is 19.4 Å². The fourth-order valence-electron chi connectivity index (χ4n) is 3.21. The minimum Gasteiger partial charge on any atom is -0.353 e. The maximum absolute atomic E-state index is 4.81. The van der Waals surface area contributed by atoms with Crippen LogP contribution in [0.3, 0.4) is 0 Å². The summed E-state index contributed by atoms with van der Waals surface area (Å²) in [4.78, 5) is 13.0. The molecule has 1 atom stereocenters. The van der Waals surface area contributed by atoms with Crippen molar-refractivity contribution in [3.8, 4) is 11.1 Å². The fourth-order valence-corrected chi connectivity index (χ4v) is 4.20. The number of hydrogen-bond acceptors (Lipinski definition) is 5. The number of thiophene rings is 1. The Labute approximate surface area is 140 Å². The maximum atomic E-state index is 4.81. The molecule has 4 nitrogen and oxygen atoms in total. The lowest BCUT2D eigenvalue weighted by atomic mass is 10.1. The molecule has 0 saturated carbocycles. The SMILES string of the molecule is Cc1nc(N2CCN[C@H](C)C2)c2c(-c3ccccc3)csc2n1. The number of fused-ring (bicyclic) bond motifs is 1. The average Bonchev–Trinajstić information content (AvgIpc) is 2.98. The second-order valence-corrected chi connectivity index (χ2v) is 6.95. The van der Waals surface area contributed by atoms with Gasteiger partial charge in [0.15, 0.2) is 0 Å². The number of nitrogens with one attached hydrogen (secondary N) is 1. The van der Waals surface area contributed by atoms with E-state index in [0.717, 1.165) is 36.1 Å². The van der Waals surface area contributed by atoms with Crippen LogP contribution in [0.4, 0.5) is 5.82 Å². The van der Waals surface area contributed by atoms with Gasteiger partial charge in [0.05, 0.1) is 5.39 Å². The van der Waals surface area contributed by atoms with E-state index in [4.69, 9.17) is 4.98 Å². The number of aryl methyl sites for hydroxylation is 1. The molecule has 2 aromatic heterocycles. The standard InChI is InChI=1S/C18H20N4S/c1-12-10-22(9-8-19-12)17-16-15(14-6-4-3-5-7-14)11-23-18(16)21-13(2)20-17/h3-7,11-12,19H,8-10H2,1-2H3/t12-/m1/s1. The summed E-state index contributed by atoms with van der Waals surface area (Å²) in [6.07, 6.45) is 0. The van der Waals surface area contributed by atoms with Crippen LogP contribution in [0, 0.1) is 6.92 Å². The largest absolute Gasteiger partial charge is 0.353 e. The number of rotatable bonds is 2. The predicted octanol–water partition coefficient (Wildman–Crippen LogP) is 3.46. The van der Waals surface area contributed by atoms with Gasteiger partial charge in [-0.15, -0.1) is 11.3 Å². The van der Waals surface area contributed by atoms with Gasteiger partial charge in [0.1, 0.15) is 16.5 Å². The highest BCUT2D eigenvalue weighted by atomic mass is 32.1. The van der Waals surface area contributed by atoms with Gasteiger partial charge in [-0.1, -0.05) is 30.3 Å². The molecule has 1 N–H and O–H groups in total. The van der Waals surface area contributed by atoms with Gasteiger partial charge in [-0.2, -0.15) is 0 Å². The molecule has 3 aromatic rings. The first-order valence-corrected chi connectivity index (χ1v) is 8.90. The molecule has 0 amide bonds. The third-order valence-electron chi connectivity index (χ3n) is 4.28. The van der Waals surface area contributed by atoms with Crippen LogP contribution in [0.25, 0.3) is 21.3 Å². The van der Waals surface area contributed by atoms with E-state index in [0.29, 0.717) is 6.04 Å². The van der Waals surface area contributed by atoms with E-state index >= 15 is 0 Å². The molecule has 0 radical (unpaired) electrons. The summed E-state index contributed by atoms with van der Waals surface area (Å²) in [6.45, 7) is 7.17. The average molecular weight is 324 g/mol. The van der Waals surface area contributed by atoms with Crippen molar-refractivity contribution in [3.05, 3.63) is 41.5 Å². The second-order valence-electron chi connectivity index (χ2n) is 6.09. The van der Waals surface area contributed by atoms with Crippen LogP contribution in [0.15, 0.2) is 35.7 Å². The Morgan fingerprint density at radius 1 is 1.22 bits per heavy atom. The Kier molecular flexibility index (Phi) is 3.75. The molecule has 1 aromatic carbocycles. The number of aromatic nitrogens is 2. The third-order valence-corrected chi connectivity index (χ3v) is 5.15. The summed E-state index contributed by atoms with van der Waals surface area (Å²) in [5.41, 5.74) is 2.47. The van der Waals surface area contributed by atoms with E-state index in [-0.39, 0.29) is 0 Å². The summed E-state index contributed by atoms with van der Waals surface area (Å²) < 4.78 is 0. The van der Waals surface area contributed by atoms with Gasteiger partial charge in [-0.25, -0.2) is 9.97 Å². The first-order valence-electron chi connectivity index (χ1n) is 8.02. The zero-order valence-corrected chi connectivity index (χ0v) is 14.2. The van der Waals surface area contributed by atoms with Crippen LogP contribution in [0.1, 0.15) is 12.7 Å². The normalized spacial score (nSPS) is 18.5. The lowest BCUT2D eigenvalue weighted by molar-refractivity contribution is 0.483. The highest BCUT2D eigenvalue weighted by Gasteiger charge is 2.22. The summed E-state index contributed by atoms with van der Waals surface area (Å²) >= 11 is 1.71. The predicted molar refractivity (Wildman–Crippen MR) is 97.3 cm³/mol. The van der Waals surface area contributed by atoms with Crippen molar-refractivity contribution < 1.29 is 0 Å². The number of hydrogen-bond donors (Lipinski definition) is 1. The number of benzene rings is 1. The molecule has 3 heterocycles. The molecule has 0 spiro atoms. The Hall–Kier alpha value is -1.98. The second kappa shape index (κ2) is 5.91. The number of anilines is 1. The highest BCUT2D eigenvalue weighted by molar-refractivity contribution is 7.17. The monoisotopic (exact) mass is 324 g/mol. The lowest BCUT2D eigenvalue weighted by Gasteiger charge is -2.33. The van der Waals surface area contributed by atoms with Crippen molar-refractivity contribution in [2.75, 3.05) is 24.5 Å². The van der Waals surface area contributed by atoms with Crippen molar-refractivity contribution >= 4 is 27.4 Å². The number of piperazine rings is 1.